The summed E-state index contributed by atoms with van der Waals surface area (Å²) in [6.07, 6.45) is 4.78. The molecule has 24 heavy (non-hydrogen) atoms. The van der Waals surface area contributed by atoms with E-state index >= 15 is 0 Å². The summed E-state index contributed by atoms with van der Waals surface area (Å²) in [6, 6.07) is 4.69. The fourth-order valence-electron chi connectivity index (χ4n) is 1.99. The Labute approximate surface area is 136 Å². The molecular formula is C15H13FN6O2. The lowest BCUT2D eigenvalue weighted by atomic mass is 10.3. The second-order valence-electron chi connectivity index (χ2n) is 4.90. The Kier molecular flexibility index (Phi) is 4.06. The Morgan fingerprint density at radius 1 is 1.25 bits per heavy atom. The molecule has 0 aliphatic rings. The van der Waals surface area contributed by atoms with Crippen LogP contribution < -0.4 is 15.8 Å². The van der Waals surface area contributed by atoms with Gasteiger partial charge in [0.15, 0.2) is 0 Å². The van der Waals surface area contributed by atoms with Crippen LogP contribution in [-0.4, -0.2) is 25.6 Å². The van der Waals surface area contributed by atoms with Crippen LogP contribution in [0.3, 0.4) is 0 Å². The van der Waals surface area contributed by atoms with Gasteiger partial charge in [-0.1, -0.05) is 0 Å². The first-order valence-corrected chi connectivity index (χ1v) is 6.85. The summed E-state index contributed by atoms with van der Waals surface area (Å²) in [5, 5.41) is 2.17. The van der Waals surface area contributed by atoms with Crippen LogP contribution in [0.5, 0.6) is 11.6 Å². The van der Waals surface area contributed by atoms with Gasteiger partial charge >= 0.3 is 6.03 Å². The van der Waals surface area contributed by atoms with Gasteiger partial charge in [-0.05, 0) is 12.1 Å². The van der Waals surface area contributed by atoms with Crippen molar-refractivity contribution in [3.63, 3.8) is 0 Å². The lowest BCUT2D eigenvalue weighted by molar-refractivity contribution is 0.259. The molecular weight excluding hydrogens is 315 g/mol. The molecule has 0 bridgehead atoms. The number of ether oxygens (including phenoxy) is 1. The molecule has 0 saturated carbocycles. The number of nitrogens with two attached hydrogens (primary N) is 1. The molecule has 3 N–H and O–H groups in total. The number of carbonyl (C=O) groups is 1. The number of urea groups is 1. The summed E-state index contributed by atoms with van der Waals surface area (Å²) in [7, 11) is 1.85. The second kappa shape index (κ2) is 6.32. The number of amides is 2. The Morgan fingerprint density at radius 3 is 2.75 bits per heavy atom. The Hall–Kier alpha value is -3.49. The molecule has 2 heterocycles. The maximum atomic E-state index is 13.9. The molecule has 2 aromatic heterocycles. The number of anilines is 1. The highest BCUT2D eigenvalue weighted by atomic mass is 19.1. The number of carbonyl (C=O) groups excluding carboxylic acids is 1. The number of benzene rings is 1. The van der Waals surface area contributed by atoms with Crippen LogP contribution in [0, 0.1) is 5.82 Å². The highest BCUT2D eigenvalue weighted by Crippen LogP contribution is 2.26. The highest BCUT2D eigenvalue weighted by Gasteiger charge is 2.09. The molecule has 0 aliphatic carbocycles. The molecule has 2 amide bonds. The number of imidazole rings is 1. The molecule has 0 fully saturated rings. The van der Waals surface area contributed by atoms with E-state index < -0.39 is 11.8 Å². The summed E-state index contributed by atoms with van der Waals surface area (Å²) in [5.74, 6) is -0.223. The number of rotatable bonds is 4. The molecule has 9 heteroatoms. The van der Waals surface area contributed by atoms with Crippen molar-refractivity contribution in [1.82, 2.24) is 19.5 Å². The molecule has 0 atom stereocenters. The van der Waals surface area contributed by atoms with E-state index in [2.05, 4.69) is 20.3 Å². The number of nitrogens with one attached hydrogen (secondary N) is 1. The monoisotopic (exact) mass is 328 g/mol. The predicted octanol–water partition coefficient (Wildman–Crippen LogP) is 2.30. The van der Waals surface area contributed by atoms with Gasteiger partial charge in [-0.2, -0.15) is 0 Å². The number of aryl methyl sites for hydroxylation is 1. The minimum Gasteiger partial charge on any atom is -0.439 e. The summed E-state index contributed by atoms with van der Waals surface area (Å²) in [6.45, 7) is 0. The van der Waals surface area contributed by atoms with Crippen molar-refractivity contribution in [2.45, 2.75) is 0 Å². The van der Waals surface area contributed by atoms with E-state index in [1.165, 1.54) is 18.5 Å². The zero-order valence-electron chi connectivity index (χ0n) is 12.6. The van der Waals surface area contributed by atoms with Gasteiger partial charge in [-0.25, -0.2) is 24.1 Å². The maximum Gasteiger partial charge on any atom is 0.316 e. The van der Waals surface area contributed by atoms with Crippen molar-refractivity contribution in [2.24, 2.45) is 12.8 Å². The van der Waals surface area contributed by atoms with Crippen LogP contribution in [0.15, 0.2) is 43.1 Å². The number of halogens is 1. The largest absolute Gasteiger partial charge is 0.439 e. The van der Waals surface area contributed by atoms with Crippen molar-refractivity contribution in [1.29, 1.82) is 0 Å². The van der Waals surface area contributed by atoms with Gasteiger partial charge < -0.3 is 20.4 Å². The molecule has 3 rings (SSSR count). The molecule has 0 saturated heterocycles. The zero-order chi connectivity index (χ0) is 17.1. The molecule has 0 spiro atoms. The van der Waals surface area contributed by atoms with E-state index in [4.69, 9.17) is 10.5 Å². The van der Waals surface area contributed by atoms with E-state index in [0.717, 1.165) is 6.07 Å². The first kappa shape index (κ1) is 15.4. The van der Waals surface area contributed by atoms with Gasteiger partial charge in [0.25, 0.3) is 0 Å². The third kappa shape index (κ3) is 3.46. The molecule has 3 aromatic rings. The first-order valence-electron chi connectivity index (χ1n) is 6.85. The fourth-order valence-corrected chi connectivity index (χ4v) is 1.99. The first-order chi connectivity index (χ1) is 11.5. The van der Waals surface area contributed by atoms with Gasteiger partial charge in [-0.3, -0.25) is 0 Å². The summed E-state index contributed by atoms with van der Waals surface area (Å²) in [5.41, 5.74) is 6.16. The Balaban J connectivity index is 1.81. The highest BCUT2D eigenvalue weighted by molar-refractivity contribution is 5.87. The van der Waals surface area contributed by atoms with Crippen molar-refractivity contribution in [2.75, 3.05) is 5.32 Å². The molecule has 0 unspecified atom stereocenters. The van der Waals surface area contributed by atoms with Crippen molar-refractivity contribution in [3.05, 3.63) is 48.9 Å². The van der Waals surface area contributed by atoms with Crippen molar-refractivity contribution >= 4 is 11.7 Å². The fraction of sp³-hybridized carbons (Fsp3) is 0.0667. The average Bonchev–Trinajstić information content (AvgIpc) is 2.97. The predicted molar refractivity (Wildman–Crippen MR) is 83.9 cm³/mol. The second-order valence-corrected chi connectivity index (χ2v) is 4.90. The van der Waals surface area contributed by atoms with E-state index in [0.29, 0.717) is 11.4 Å². The quantitative estimate of drug-likeness (QED) is 0.764. The minimum atomic E-state index is -0.849. The number of nitrogens with zero attached hydrogens (tertiary/aromatic N) is 4. The Morgan fingerprint density at radius 2 is 2.08 bits per heavy atom. The lowest BCUT2D eigenvalue weighted by Gasteiger charge is -2.08. The van der Waals surface area contributed by atoms with Gasteiger partial charge in [0.2, 0.25) is 5.88 Å². The van der Waals surface area contributed by atoms with Gasteiger partial charge in [0, 0.05) is 25.4 Å². The summed E-state index contributed by atoms with van der Waals surface area (Å²) >= 11 is 0. The number of primary amides is 1. The smallest absolute Gasteiger partial charge is 0.316 e. The molecule has 0 radical (unpaired) electrons. The molecule has 122 valence electrons. The van der Waals surface area contributed by atoms with Gasteiger partial charge in [0.05, 0.1) is 17.7 Å². The Bertz CT molecular complexity index is 895. The zero-order valence-corrected chi connectivity index (χ0v) is 12.6. The lowest BCUT2D eigenvalue weighted by Crippen LogP contribution is -2.19. The van der Waals surface area contributed by atoms with Crippen LogP contribution in [0.25, 0.3) is 11.4 Å². The van der Waals surface area contributed by atoms with Crippen molar-refractivity contribution < 1.29 is 13.9 Å². The van der Waals surface area contributed by atoms with Gasteiger partial charge in [0.1, 0.15) is 23.6 Å². The third-order valence-corrected chi connectivity index (χ3v) is 3.03. The third-order valence-electron chi connectivity index (χ3n) is 3.03. The van der Waals surface area contributed by atoms with E-state index in [-0.39, 0.29) is 17.3 Å². The number of aromatic nitrogens is 4. The van der Waals surface area contributed by atoms with E-state index in [9.17, 15) is 9.18 Å². The van der Waals surface area contributed by atoms with Crippen LogP contribution in [-0.2, 0) is 7.05 Å². The van der Waals surface area contributed by atoms with Crippen LogP contribution in [0.4, 0.5) is 14.9 Å². The summed E-state index contributed by atoms with van der Waals surface area (Å²) < 4.78 is 21.2. The number of hydrogen-bond donors (Lipinski definition) is 2. The topological polar surface area (TPSA) is 108 Å². The molecule has 1 aromatic carbocycles. The summed E-state index contributed by atoms with van der Waals surface area (Å²) in [4.78, 5) is 23.1. The normalized spacial score (nSPS) is 10.4. The van der Waals surface area contributed by atoms with E-state index in [1.54, 1.807) is 23.2 Å². The number of hydrogen-bond acceptors (Lipinski definition) is 5. The van der Waals surface area contributed by atoms with Crippen LogP contribution in [0.1, 0.15) is 0 Å². The molecule has 8 nitrogen and oxygen atoms in total. The van der Waals surface area contributed by atoms with Gasteiger partial charge in [-0.15, -0.1) is 0 Å². The van der Waals surface area contributed by atoms with Crippen LogP contribution in [0.2, 0.25) is 0 Å². The van der Waals surface area contributed by atoms with Crippen LogP contribution >= 0.6 is 0 Å². The standard InChI is InChI=1S/C15H13FN6O2/c1-22-6-13(20-8-22)12-5-14(19-7-18-12)24-9-2-3-11(10(16)4-9)21-15(17)23/h2-8H,1H3,(H3,17,21,23). The minimum absolute atomic E-state index is 0.0355. The maximum absolute atomic E-state index is 13.9. The van der Waals surface area contributed by atoms with Crippen molar-refractivity contribution in [3.8, 4) is 23.0 Å². The van der Waals surface area contributed by atoms with E-state index in [1.807, 2.05) is 7.05 Å². The average molecular weight is 328 g/mol. The SMILES string of the molecule is Cn1cnc(-c2cc(Oc3ccc(NC(N)=O)c(F)c3)ncn2)c1. The molecule has 0 aliphatic heterocycles.